The van der Waals surface area contributed by atoms with E-state index in [1.807, 2.05) is 13.8 Å². The molecule has 0 aliphatic carbocycles. The average Bonchev–Trinajstić information content (AvgIpc) is 3.21. The molecule has 4 atom stereocenters. The van der Waals surface area contributed by atoms with Crippen LogP contribution in [-0.4, -0.2) is 68.4 Å². The first-order valence-corrected chi connectivity index (χ1v) is 8.73. The monoisotopic (exact) mass is 377 g/mol. The first kappa shape index (κ1) is 19.2. The van der Waals surface area contributed by atoms with Crippen LogP contribution in [0.2, 0.25) is 0 Å². The smallest absolute Gasteiger partial charge is 0.315 e. The van der Waals surface area contributed by atoms with Crippen molar-refractivity contribution in [1.82, 2.24) is 25.8 Å². The van der Waals surface area contributed by atoms with E-state index < -0.39 is 24.4 Å². The summed E-state index contributed by atoms with van der Waals surface area (Å²) in [4.78, 5) is 19.9. The lowest BCUT2D eigenvalue weighted by atomic mass is 10.1. The van der Waals surface area contributed by atoms with Gasteiger partial charge in [-0.3, -0.25) is 4.98 Å². The van der Waals surface area contributed by atoms with Crippen molar-refractivity contribution in [1.29, 1.82) is 0 Å². The minimum atomic E-state index is -1.13. The van der Waals surface area contributed by atoms with E-state index in [9.17, 15) is 15.0 Å². The van der Waals surface area contributed by atoms with Gasteiger partial charge in [0.25, 0.3) is 0 Å². The molecular weight excluding hydrogens is 354 g/mol. The van der Waals surface area contributed by atoms with Crippen molar-refractivity contribution in [2.45, 2.75) is 50.7 Å². The molecule has 0 spiro atoms. The van der Waals surface area contributed by atoms with Gasteiger partial charge in [0.05, 0.1) is 12.5 Å². The number of nitrogens with one attached hydrogen (secondary N) is 2. The van der Waals surface area contributed by atoms with Gasteiger partial charge in [-0.15, -0.1) is 0 Å². The third-order valence-corrected chi connectivity index (χ3v) is 4.13. The second kappa shape index (κ2) is 8.42. The molecule has 3 rings (SSSR count). The zero-order chi connectivity index (χ0) is 19.4. The van der Waals surface area contributed by atoms with Crippen LogP contribution < -0.4 is 10.6 Å². The van der Waals surface area contributed by atoms with Gasteiger partial charge < -0.3 is 30.1 Å². The summed E-state index contributed by atoms with van der Waals surface area (Å²) in [6.45, 7) is 3.75. The van der Waals surface area contributed by atoms with E-state index >= 15 is 0 Å². The molecule has 10 heteroatoms. The number of hydrogen-bond acceptors (Lipinski definition) is 8. The molecule has 4 N–H and O–H groups in total. The molecule has 27 heavy (non-hydrogen) atoms. The van der Waals surface area contributed by atoms with E-state index in [1.54, 1.807) is 24.5 Å². The predicted octanol–water partition coefficient (Wildman–Crippen LogP) is -0.129. The fraction of sp³-hybridized carbons (Fsp3) is 0.529. The van der Waals surface area contributed by atoms with E-state index in [0.29, 0.717) is 5.82 Å². The van der Waals surface area contributed by atoms with Crippen molar-refractivity contribution >= 4 is 6.03 Å². The second-order valence-electron chi connectivity index (χ2n) is 6.65. The van der Waals surface area contributed by atoms with Gasteiger partial charge in [0.15, 0.2) is 0 Å². The van der Waals surface area contributed by atoms with Gasteiger partial charge in [-0.25, -0.2) is 4.79 Å². The minimum Gasteiger partial charge on any atom is -0.388 e. The summed E-state index contributed by atoms with van der Waals surface area (Å²) in [7, 11) is 0. The Morgan fingerprint density at radius 2 is 1.93 bits per heavy atom. The summed E-state index contributed by atoms with van der Waals surface area (Å²) in [6, 6.07) is 3.13. The number of aliphatic hydroxyl groups excluding tert-OH is 2. The molecule has 0 bridgehead atoms. The number of hydrogen-bond donors (Lipinski definition) is 4. The van der Waals surface area contributed by atoms with E-state index in [4.69, 9.17) is 9.26 Å². The molecule has 10 nitrogen and oxygen atoms in total. The maximum absolute atomic E-state index is 11.6. The van der Waals surface area contributed by atoms with Gasteiger partial charge in [0.1, 0.15) is 18.3 Å². The molecule has 1 aliphatic heterocycles. The van der Waals surface area contributed by atoms with E-state index in [-0.39, 0.29) is 30.9 Å². The van der Waals surface area contributed by atoms with E-state index in [2.05, 4.69) is 25.8 Å². The SMILES string of the molecule is CC(C)NC(=O)NC[C@H]1O[C@@H](Cc2nc(-c3ccncc3)no2)[C@H](O)[C@@H]1O. The Labute approximate surface area is 155 Å². The first-order chi connectivity index (χ1) is 12.9. The quantitative estimate of drug-likeness (QED) is 0.545. The zero-order valence-electron chi connectivity index (χ0n) is 15.1. The maximum Gasteiger partial charge on any atom is 0.315 e. The van der Waals surface area contributed by atoms with Crippen LogP contribution >= 0.6 is 0 Å². The number of carbonyl (C=O) groups excluding carboxylic acids is 1. The Balaban J connectivity index is 1.56. The van der Waals surface area contributed by atoms with Crippen molar-refractivity contribution in [2.24, 2.45) is 0 Å². The average molecular weight is 377 g/mol. The highest BCUT2D eigenvalue weighted by molar-refractivity contribution is 5.74. The molecule has 1 fully saturated rings. The van der Waals surface area contributed by atoms with Crippen LogP contribution in [-0.2, 0) is 11.2 Å². The van der Waals surface area contributed by atoms with Gasteiger partial charge in [-0.1, -0.05) is 5.16 Å². The van der Waals surface area contributed by atoms with Gasteiger partial charge in [-0.05, 0) is 26.0 Å². The molecule has 2 amide bonds. The summed E-state index contributed by atoms with van der Waals surface area (Å²) >= 11 is 0. The molecule has 0 unspecified atom stereocenters. The molecule has 2 aromatic heterocycles. The van der Waals surface area contributed by atoms with Crippen LogP contribution in [0.15, 0.2) is 29.0 Å². The number of ether oxygens (including phenoxy) is 1. The summed E-state index contributed by atoms with van der Waals surface area (Å²) in [6.07, 6.45) is -0.309. The first-order valence-electron chi connectivity index (χ1n) is 8.73. The lowest BCUT2D eigenvalue weighted by molar-refractivity contribution is 0.00689. The summed E-state index contributed by atoms with van der Waals surface area (Å²) in [5.41, 5.74) is 0.756. The lowest BCUT2D eigenvalue weighted by Gasteiger charge is -2.16. The number of pyridine rings is 1. The molecule has 0 radical (unpaired) electrons. The molecule has 3 heterocycles. The van der Waals surface area contributed by atoms with Crippen molar-refractivity contribution in [3.8, 4) is 11.4 Å². The number of rotatable bonds is 6. The van der Waals surface area contributed by atoms with Gasteiger partial charge in [0.2, 0.25) is 11.7 Å². The second-order valence-corrected chi connectivity index (χ2v) is 6.65. The summed E-state index contributed by atoms with van der Waals surface area (Å²) in [5, 5.41) is 29.6. The van der Waals surface area contributed by atoms with Gasteiger partial charge >= 0.3 is 6.03 Å². The fourth-order valence-corrected chi connectivity index (χ4v) is 2.80. The summed E-state index contributed by atoms with van der Waals surface area (Å²) < 4.78 is 10.9. The molecule has 146 valence electrons. The van der Waals surface area contributed by atoms with Crippen LogP contribution in [0, 0.1) is 0 Å². The third kappa shape index (κ3) is 4.79. The highest BCUT2D eigenvalue weighted by atomic mass is 16.5. The van der Waals surface area contributed by atoms with Crippen LogP contribution in [0.3, 0.4) is 0 Å². The van der Waals surface area contributed by atoms with Crippen LogP contribution in [0.4, 0.5) is 4.79 Å². The Kier molecular flexibility index (Phi) is 5.99. The molecule has 2 aromatic rings. The topological polar surface area (TPSA) is 143 Å². The van der Waals surface area contributed by atoms with Crippen molar-refractivity contribution in [3.05, 3.63) is 30.4 Å². The number of aliphatic hydroxyl groups is 2. The molecular formula is C17H23N5O5. The Morgan fingerprint density at radius 1 is 1.22 bits per heavy atom. The Hall–Kier alpha value is -2.56. The summed E-state index contributed by atoms with van der Waals surface area (Å²) in [5.74, 6) is 0.688. The lowest BCUT2D eigenvalue weighted by Crippen LogP contribution is -2.45. The minimum absolute atomic E-state index is 0.00937. The van der Waals surface area contributed by atoms with Crippen LogP contribution in [0.5, 0.6) is 0 Å². The Bertz CT molecular complexity index is 753. The molecule has 1 saturated heterocycles. The molecule has 0 aromatic carbocycles. The van der Waals surface area contributed by atoms with Crippen LogP contribution in [0.1, 0.15) is 19.7 Å². The largest absolute Gasteiger partial charge is 0.388 e. The van der Waals surface area contributed by atoms with Crippen LogP contribution in [0.25, 0.3) is 11.4 Å². The maximum atomic E-state index is 11.6. The molecule has 1 aliphatic rings. The fourth-order valence-electron chi connectivity index (χ4n) is 2.80. The van der Waals surface area contributed by atoms with E-state index in [1.165, 1.54) is 0 Å². The van der Waals surface area contributed by atoms with Crippen molar-refractivity contribution in [3.63, 3.8) is 0 Å². The zero-order valence-corrected chi connectivity index (χ0v) is 15.1. The number of carbonyl (C=O) groups is 1. The van der Waals surface area contributed by atoms with Crippen molar-refractivity contribution < 1.29 is 24.3 Å². The highest BCUT2D eigenvalue weighted by Crippen LogP contribution is 2.24. The number of amides is 2. The number of aromatic nitrogens is 3. The number of urea groups is 1. The van der Waals surface area contributed by atoms with Gasteiger partial charge in [0, 0.05) is 30.5 Å². The third-order valence-electron chi connectivity index (χ3n) is 4.13. The van der Waals surface area contributed by atoms with Crippen molar-refractivity contribution in [2.75, 3.05) is 6.54 Å². The predicted molar refractivity (Wildman–Crippen MR) is 93.6 cm³/mol. The van der Waals surface area contributed by atoms with E-state index in [0.717, 1.165) is 5.56 Å². The van der Waals surface area contributed by atoms with Gasteiger partial charge in [-0.2, -0.15) is 4.98 Å². The number of nitrogens with zero attached hydrogens (tertiary/aromatic N) is 3. The Morgan fingerprint density at radius 3 is 2.63 bits per heavy atom. The normalized spacial score (nSPS) is 24.9. The standard InChI is InChI=1S/C17H23N5O5/c1-9(2)20-17(25)19-8-12-15(24)14(23)11(26-12)7-13-21-16(22-27-13)10-3-5-18-6-4-10/h3-6,9,11-12,14-15,23-24H,7-8H2,1-2H3,(H2,19,20,25)/t11-,12+,14-,15+/m0/s1. The highest BCUT2D eigenvalue weighted by Gasteiger charge is 2.43. The molecule has 0 saturated carbocycles.